The minimum absolute atomic E-state index is 0.131. The summed E-state index contributed by atoms with van der Waals surface area (Å²) >= 11 is 1.50. The van der Waals surface area contributed by atoms with Crippen LogP contribution >= 0.6 is 11.8 Å². The van der Waals surface area contributed by atoms with E-state index in [1.807, 2.05) is 6.07 Å². The molecule has 2 aromatic rings. The summed E-state index contributed by atoms with van der Waals surface area (Å²) in [6, 6.07) is 9.56. The Hall–Kier alpha value is -2.79. The van der Waals surface area contributed by atoms with E-state index in [1.54, 1.807) is 37.3 Å². The molecule has 24 heavy (non-hydrogen) atoms. The smallest absolute Gasteiger partial charge is 0.293 e. The third-order valence-corrected chi connectivity index (χ3v) is 4.58. The first-order valence-corrected chi connectivity index (χ1v) is 8.37. The van der Waals surface area contributed by atoms with Gasteiger partial charge < -0.3 is 14.7 Å². The average Bonchev–Trinajstić information content (AvgIpc) is 3.24. The highest BCUT2D eigenvalue weighted by Crippen LogP contribution is 2.24. The molecule has 0 spiro atoms. The van der Waals surface area contributed by atoms with Gasteiger partial charge in [-0.3, -0.25) is 9.59 Å². The number of aryl methyl sites for hydroxylation is 1. The van der Waals surface area contributed by atoms with E-state index in [0.29, 0.717) is 28.6 Å². The Bertz CT molecular complexity index is 809. The molecule has 1 saturated heterocycles. The van der Waals surface area contributed by atoms with Gasteiger partial charge in [-0.25, -0.2) is 0 Å². The third-order valence-electron chi connectivity index (χ3n) is 3.57. The first kappa shape index (κ1) is 16.1. The number of anilines is 1. The molecule has 2 heterocycles. The number of thioether (sulfide) groups is 1. The molecule has 122 valence electrons. The van der Waals surface area contributed by atoms with Crippen molar-refractivity contribution < 1.29 is 14.1 Å². The molecule has 0 saturated carbocycles. The van der Waals surface area contributed by atoms with Gasteiger partial charge in [0.1, 0.15) is 6.04 Å². The Labute approximate surface area is 142 Å². The summed E-state index contributed by atoms with van der Waals surface area (Å²) < 4.78 is 5.00. The number of benzene rings is 1. The SMILES string of the molecule is Cc1cc(C(=O)N2CSC[C@@H]2C(=O)Nc2ccc(C#N)cc2)on1. The van der Waals surface area contributed by atoms with Gasteiger partial charge in [-0.2, -0.15) is 5.26 Å². The normalized spacial score (nSPS) is 16.7. The van der Waals surface area contributed by atoms with E-state index in [1.165, 1.54) is 16.7 Å². The molecule has 1 aliphatic rings. The summed E-state index contributed by atoms with van der Waals surface area (Å²) in [6.45, 7) is 1.73. The predicted octanol–water partition coefficient (Wildman–Crippen LogP) is 2.01. The van der Waals surface area contributed by atoms with Crippen LogP contribution in [0.25, 0.3) is 0 Å². The van der Waals surface area contributed by atoms with E-state index in [0.717, 1.165) is 0 Å². The minimum atomic E-state index is -0.580. The summed E-state index contributed by atoms with van der Waals surface area (Å²) in [5, 5.41) is 15.3. The second-order valence-electron chi connectivity index (χ2n) is 5.30. The van der Waals surface area contributed by atoms with Crippen molar-refractivity contribution in [1.82, 2.24) is 10.1 Å². The van der Waals surface area contributed by atoms with E-state index >= 15 is 0 Å². The van der Waals surface area contributed by atoms with Crippen molar-refractivity contribution in [2.24, 2.45) is 0 Å². The van der Waals surface area contributed by atoms with Crippen LogP contribution in [0.5, 0.6) is 0 Å². The number of nitriles is 1. The molecule has 8 heteroatoms. The van der Waals surface area contributed by atoms with E-state index in [9.17, 15) is 9.59 Å². The maximum atomic E-state index is 12.5. The van der Waals surface area contributed by atoms with Crippen LogP contribution in [0, 0.1) is 18.3 Å². The number of rotatable bonds is 3. The van der Waals surface area contributed by atoms with Gasteiger partial charge in [0.25, 0.3) is 5.91 Å². The number of hydrogen-bond donors (Lipinski definition) is 1. The Morgan fingerprint density at radius 2 is 2.17 bits per heavy atom. The Kier molecular flexibility index (Phi) is 4.53. The van der Waals surface area contributed by atoms with Crippen molar-refractivity contribution in [1.29, 1.82) is 5.26 Å². The van der Waals surface area contributed by atoms with Crippen LogP contribution in [-0.2, 0) is 4.79 Å². The Morgan fingerprint density at radius 1 is 1.42 bits per heavy atom. The maximum absolute atomic E-state index is 12.5. The fourth-order valence-electron chi connectivity index (χ4n) is 2.32. The highest BCUT2D eigenvalue weighted by atomic mass is 32.2. The summed E-state index contributed by atoms with van der Waals surface area (Å²) in [4.78, 5) is 26.4. The minimum Gasteiger partial charge on any atom is -0.351 e. The van der Waals surface area contributed by atoms with Crippen LogP contribution in [0.1, 0.15) is 21.8 Å². The zero-order chi connectivity index (χ0) is 17.1. The summed E-state index contributed by atoms with van der Waals surface area (Å²) in [7, 11) is 0. The molecule has 1 aromatic carbocycles. The number of nitrogens with zero attached hydrogens (tertiary/aromatic N) is 3. The van der Waals surface area contributed by atoms with Gasteiger partial charge in [-0.05, 0) is 31.2 Å². The molecule has 1 aromatic heterocycles. The molecule has 0 radical (unpaired) electrons. The number of aromatic nitrogens is 1. The zero-order valence-corrected chi connectivity index (χ0v) is 13.7. The third kappa shape index (κ3) is 3.26. The van der Waals surface area contributed by atoms with Crippen LogP contribution in [0.4, 0.5) is 5.69 Å². The largest absolute Gasteiger partial charge is 0.351 e. The number of carbonyl (C=O) groups is 2. The molecule has 0 bridgehead atoms. The Morgan fingerprint density at radius 3 is 2.79 bits per heavy atom. The second-order valence-corrected chi connectivity index (χ2v) is 6.30. The highest BCUT2D eigenvalue weighted by Gasteiger charge is 2.36. The molecule has 1 fully saturated rings. The fraction of sp³-hybridized carbons (Fsp3) is 0.250. The van der Waals surface area contributed by atoms with Crippen LogP contribution in [-0.4, -0.2) is 39.5 Å². The molecule has 0 aliphatic carbocycles. The maximum Gasteiger partial charge on any atom is 0.293 e. The number of amides is 2. The molecule has 2 amide bonds. The molecule has 7 nitrogen and oxygen atoms in total. The lowest BCUT2D eigenvalue weighted by molar-refractivity contribution is -0.119. The van der Waals surface area contributed by atoms with Crippen molar-refractivity contribution in [2.45, 2.75) is 13.0 Å². The van der Waals surface area contributed by atoms with Gasteiger partial charge in [0, 0.05) is 17.5 Å². The second kappa shape index (κ2) is 6.76. The van der Waals surface area contributed by atoms with E-state index < -0.39 is 6.04 Å². The van der Waals surface area contributed by atoms with Gasteiger partial charge in [0.05, 0.1) is 23.2 Å². The summed E-state index contributed by atoms with van der Waals surface area (Å²) in [6.07, 6.45) is 0. The van der Waals surface area contributed by atoms with Gasteiger partial charge >= 0.3 is 0 Å². The monoisotopic (exact) mass is 342 g/mol. The zero-order valence-electron chi connectivity index (χ0n) is 12.9. The van der Waals surface area contributed by atoms with Crippen LogP contribution in [0.15, 0.2) is 34.9 Å². The number of carbonyl (C=O) groups excluding carboxylic acids is 2. The van der Waals surface area contributed by atoms with Crippen LogP contribution in [0.3, 0.4) is 0 Å². The lowest BCUT2D eigenvalue weighted by atomic mass is 10.2. The van der Waals surface area contributed by atoms with Crippen molar-refractivity contribution in [3.05, 3.63) is 47.3 Å². The summed E-state index contributed by atoms with van der Waals surface area (Å²) in [5.74, 6) is 0.450. The molecule has 3 rings (SSSR count). The molecular formula is C16H14N4O3S. The molecule has 1 N–H and O–H groups in total. The van der Waals surface area contributed by atoms with Crippen LogP contribution in [0.2, 0.25) is 0 Å². The Balaban J connectivity index is 1.71. The molecular weight excluding hydrogens is 328 g/mol. The van der Waals surface area contributed by atoms with Crippen molar-refractivity contribution in [3.63, 3.8) is 0 Å². The first-order valence-electron chi connectivity index (χ1n) is 7.21. The van der Waals surface area contributed by atoms with Crippen molar-refractivity contribution in [3.8, 4) is 6.07 Å². The molecule has 0 unspecified atom stereocenters. The van der Waals surface area contributed by atoms with Crippen LogP contribution < -0.4 is 5.32 Å². The fourth-order valence-corrected chi connectivity index (χ4v) is 3.47. The van der Waals surface area contributed by atoms with Gasteiger partial charge in [0.15, 0.2) is 0 Å². The van der Waals surface area contributed by atoms with Gasteiger partial charge in [-0.15, -0.1) is 11.8 Å². The topological polar surface area (TPSA) is 99.2 Å². The lowest BCUT2D eigenvalue weighted by Crippen LogP contribution is -2.44. The quantitative estimate of drug-likeness (QED) is 0.916. The van der Waals surface area contributed by atoms with E-state index in [4.69, 9.17) is 9.78 Å². The molecule has 1 atom stereocenters. The highest BCUT2D eigenvalue weighted by molar-refractivity contribution is 7.99. The van der Waals surface area contributed by atoms with Crippen molar-refractivity contribution in [2.75, 3.05) is 16.9 Å². The van der Waals surface area contributed by atoms with Crippen molar-refractivity contribution >= 4 is 29.3 Å². The summed E-state index contributed by atoms with van der Waals surface area (Å²) in [5.41, 5.74) is 1.71. The van der Waals surface area contributed by atoms with Gasteiger partial charge in [-0.1, -0.05) is 5.16 Å². The van der Waals surface area contributed by atoms with E-state index in [2.05, 4.69) is 10.5 Å². The lowest BCUT2D eigenvalue weighted by Gasteiger charge is -2.21. The predicted molar refractivity (Wildman–Crippen MR) is 88.3 cm³/mol. The average molecular weight is 342 g/mol. The van der Waals surface area contributed by atoms with E-state index in [-0.39, 0.29) is 17.6 Å². The first-order chi connectivity index (χ1) is 11.6. The molecule has 1 aliphatic heterocycles. The number of nitrogens with one attached hydrogen (secondary N) is 1. The number of hydrogen-bond acceptors (Lipinski definition) is 6. The van der Waals surface area contributed by atoms with Gasteiger partial charge in [0.2, 0.25) is 11.7 Å². The standard InChI is InChI=1S/C16H14N4O3S/c1-10-6-14(23-19-10)16(22)20-9-24-8-13(20)15(21)18-12-4-2-11(7-17)3-5-12/h2-6,13H,8-9H2,1H3,(H,18,21)/t13-/m1/s1.